The molecule has 13 aromatic carbocycles. The molecule has 0 radical (unpaired) electrons. The summed E-state index contributed by atoms with van der Waals surface area (Å²) in [7, 11) is 0. The molecule has 0 N–H and O–H groups in total. The van der Waals surface area contributed by atoms with Crippen LogP contribution in [-0.2, 0) is 0 Å². The number of ether oxygens (including phenoxy) is 1. The van der Waals surface area contributed by atoms with Crippen LogP contribution in [0, 0.1) is 6.92 Å². The second-order valence-electron chi connectivity index (χ2n) is 24.7. The fourth-order valence-electron chi connectivity index (χ4n) is 15.4. The minimum atomic E-state index is -0.134. The number of anilines is 11. The maximum absolute atomic E-state index is 7.35. The third-order valence-corrected chi connectivity index (χ3v) is 20.7. The van der Waals surface area contributed by atoms with Crippen molar-refractivity contribution in [3.8, 4) is 44.9 Å². The first-order valence-corrected chi connectivity index (χ1v) is 33.1. The van der Waals surface area contributed by atoms with E-state index in [1.54, 1.807) is 0 Å². The van der Waals surface area contributed by atoms with Gasteiger partial charge in [-0.3, -0.25) is 0 Å². The molecule has 93 heavy (non-hydrogen) atoms. The van der Waals surface area contributed by atoms with Gasteiger partial charge in [-0.25, -0.2) is 0 Å². The van der Waals surface area contributed by atoms with Crippen LogP contribution in [0.15, 0.2) is 350 Å². The van der Waals surface area contributed by atoms with Gasteiger partial charge in [0, 0.05) is 78.7 Å². The van der Waals surface area contributed by atoms with Crippen LogP contribution in [0.4, 0.5) is 62.6 Å². The molecule has 0 fully saturated rings. The van der Waals surface area contributed by atoms with Crippen molar-refractivity contribution < 1.29 is 4.74 Å². The largest absolute Gasteiger partial charge is 0.458 e. The van der Waals surface area contributed by atoms with E-state index < -0.39 is 0 Å². The van der Waals surface area contributed by atoms with Crippen LogP contribution < -0.4 is 46.2 Å². The Bertz CT molecular complexity index is 5050. The topological polar surface area (TPSA) is 22.2 Å². The van der Waals surface area contributed by atoms with Crippen LogP contribution in [0.25, 0.3) is 33.4 Å². The van der Waals surface area contributed by atoms with Gasteiger partial charge in [0.1, 0.15) is 11.5 Å². The molecule has 0 bridgehead atoms. The highest BCUT2D eigenvalue weighted by Crippen LogP contribution is 2.56. The molecule has 4 aliphatic heterocycles. The average molecular weight is 1210 g/mol. The van der Waals surface area contributed by atoms with E-state index in [2.05, 4.69) is 360 Å². The van der Waals surface area contributed by atoms with Crippen LogP contribution in [0.3, 0.4) is 0 Å². The third kappa shape index (κ3) is 9.26. The molecular weight excluding hydrogens is 1150 g/mol. The van der Waals surface area contributed by atoms with Crippen molar-refractivity contribution in [3.05, 3.63) is 350 Å². The third-order valence-electron chi connectivity index (χ3n) is 19.4. The van der Waals surface area contributed by atoms with Gasteiger partial charge in [-0.05, 0) is 171 Å². The van der Waals surface area contributed by atoms with Gasteiger partial charge in [-0.15, -0.1) is 11.8 Å². The van der Waals surface area contributed by atoms with Crippen molar-refractivity contribution in [1.29, 1.82) is 0 Å². The predicted octanol–water partition coefficient (Wildman–Crippen LogP) is 20.1. The van der Waals surface area contributed by atoms with Crippen molar-refractivity contribution in [1.82, 2.24) is 0 Å². The first-order valence-electron chi connectivity index (χ1n) is 32.2. The molecule has 2 atom stereocenters. The molecule has 438 valence electrons. The summed E-state index contributed by atoms with van der Waals surface area (Å²) in [5.41, 5.74) is 27.9. The molecule has 0 saturated heterocycles. The highest BCUT2D eigenvalue weighted by atomic mass is 32.2. The van der Waals surface area contributed by atoms with Gasteiger partial charge < -0.3 is 24.3 Å². The number of para-hydroxylation sites is 6. The van der Waals surface area contributed by atoms with Gasteiger partial charge in [0.2, 0.25) is 6.71 Å². The number of benzene rings is 13. The minimum absolute atomic E-state index is 0.00667. The number of hydrogen-bond acceptors (Lipinski definition) is 6. The lowest BCUT2D eigenvalue weighted by Gasteiger charge is -2.49. The molecule has 5 aliphatic rings. The zero-order valence-corrected chi connectivity index (χ0v) is 52.0. The molecular formula is C85H60B2N4OS. The van der Waals surface area contributed by atoms with E-state index in [1.165, 1.54) is 77.1 Å². The first kappa shape index (κ1) is 54.7. The van der Waals surface area contributed by atoms with Gasteiger partial charge in [0.15, 0.2) is 0 Å². The number of allylic oxidation sites excluding steroid dienone is 2. The zero-order chi connectivity index (χ0) is 61.5. The second-order valence-corrected chi connectivity index (χ2v) is 25.9. The SMILES string of the molecule is Cc1cccc(-c2ccccc2)c1N1C2=CC3Sc4cc(N(c5ccc(-c6ccccc6)cc5)c5cccc(-c6ccccc6)c5)cc5c4B(c4ccccc4N5c4ccccc4)C3C=C2B2c3ccccc3Oc3cc(N(c4ccccc4)c4ccccc4)cc1c32. The summed E-state index contributed by atoms with van der Waals surface area (Å²) in [6.07, 6.45) is 5.40. The van der Waals surface area contributed by atoms with E-state index in [0.29, 0.717) is 0 Å². The summed E-state index contributed by atoms with van der Waals surface area (Å²) in [5.74, 6) is 1.81. The lowest BCUT2D eigenvalue weighted by atomic mass is 9.28. The monoisotopic (exact) mass is 1210 g/mol. The Labute approximate surface area is 548 Å². The maximum atomic E-state index is 7.35. The molecule has 13 aromatic rings. The molecule has 0 spiro atoms. The van der Waals surface area contributed by atoms with E-state index in [1.807, 2.05) is 11.8 Å². The van der Waals surface area contributed by atoms with E-state index in [0.717, 1.165) is 73.8 Å². The fraction of sp³-hybridized carbons (Fsp3) is 0.0353. The van der Waals surface area contributed by atoms with E-state index in [-0.39, 0.29) is 24.5 Å². The van der Waals surface area contributed by atoms with Gasteiger partial charge in [0.05, 0.1) is 11.4 Å². The van der Waals surface area contributed by atoms with Crippen LogP contribution in [-0.4, -0.2) is 18.7 Å². The molecule has 4 heterocycles. The predicted molar refractivity (Wildman–Crippen MR) is 393 cm³/mol. The van der Waals surface area contributed by atoms with Crippen LogP contribution in [0.2, 0.25) is 5.82 Å². The Kier molecular flexibility index (Phi) is 13.3. The lowest BCUT2D eigenvalue weighted by molar-refractivity contribution is 0.487. The number of hydrogen-bond donors (Lipinski definition) is 0. The van der Waals surface area contributed by atoms with Crippen LogP contribution in [0.1, 0.15) is 5.56 Å². The van der Waals surface area contributed by atoms with Crippen molar-refractivity contribution in [2.45, 2.75) is 22.9 Å². The standard InChI is InChI=1S/C85H60B2N4OS/c1-57-26-24-41-70(61-31-12-4-13-32-61)85(57)91-76-56-81-74(55-73(76)87-72-43-21-23-45-79(72)92-80-53-68(51-77(91)83(80)87)88(63-34-14-5-15-35-63)64-36-16-6-17-37-64)86-71-42-20-22-44-75(71)90(65-38-18-7-19-39-65)78-52-69(54-82(93-81)84(78)86)89(66-48-46-60(47-49-66)58-27-8-2-9-28-58)67-40-25-33-62(50-67)59-29-10-3-11-30-59/h2-56,74,81H,1H3. The van der Waals surface area contributed by atoms with Crippen LogP contribution in [0.5, 0.6) is 11.5 Å². The van der Waals surface area contributed by atoms with Crippen molar-refractivity contribution in [2.24, 2.45) is 0 Å². The molecule has 8 heteroatoms. The smallest absolute Gasteiger partial charge is 0.255 e. The number of fused-ring (bicyclic) bond motifs is 8. The Morgan fingerprint density at radius 3 is 1.60 bits per heavy atom. The fourth-order valence-corrected chi connectivity index (χ4v) is 16.8. The summed E-state index contributed by atoms with van der Waals surface area (Å²) in [6.45, 7) is 2.16. The summed E-state index contributed by atoms with van der Waals surface area (Å²) in [4.78, 5) is 11.3. The Hall–Kier alpha value is -11.2. The molecule has 2 unspecified atom stereocenters. The van der Waals surface area contributed by atoms with Gasteiger partial charge in [-0.1, -0.05) is 231 Å². The van der Waals surface area contributed by atoms with Crippen molar-refractivity contribution in [3.63, 3.8) is 0 Å². The second kappa shape index (κ2) is 22.6. The maximum Gasteiger partial charge on any atom is 0.255 e. The highest BCUT2D eigenvalue weighted by Gasteiger charge is 2.52. The zero-order valence-electron chi connectivity index (χ0n) is 51.2. The summed E-state index contributed by atoms with van der Waals surface area (Å²) in [6, 6.07) is 118. The Balaban J connectivity index is 0.891. The number of nitrogens with zero attached hydrogens (tertiary/aromatic N) is 4. The normalized spacial score (nSPS) is 15.2. The molecule has 1 aliphatic carbocycles. The van der Waals surface area contributed by atoms with Crippen molar-refractivity contribution in [2.75, 3.05) is 19.6 Å². The minimum Gasteiger partial charge on any atom is -0.458 e. The van der Waals surface area contributed by atoms with Crippen molar-refractivity contribution >= 4 is 110 Å². The van der Waals surface area contributed by atoms with E-state index in [4.69, 9.17) is 4.74 Å². The quantitative estimate of drug-likeness (QED) is 0.120. The van der Waals surface area contributed by atoms with E-state index >= 15 is 0 Å². The van der Waals surface area contributed by atoms with Gasteiger partial charge >= 0.3 is 0 Å². The molecule has 0 saturated carbocycles. The molecule has 0 aromatic heterocycles. The Morgan fingerprint density at radius 1 is 0.376 bits per heavy atom. The molecule has 5 nitrogen and oxygen atoms in total. The number of rotatable bonds is 11. The average Bonchev–Trinajstić information content (AvgIpc) is 0.697. The van der Waals surface area contributed by atoms with E-state index in [9.17, 15) is 0 Å². The highest BCUT2D eigenvalue weighted by molar-refractivity contribution is 8.00. The van der Waals surface area contributed by atoms with Gasteiger partial charge in [-0.2, -0.15) is 0 Å². The van der Waals surface area contributed by atoms with Gasteiger partial charge in [0.25, 0.3) is 6.71 Å². The molecule has 18 rings (SSSR count). The number of aryl methyl sites for hydroxylation is 1. The van der Waals surface area contributed by atoms with Crippen LogP contribution >= 0.6 is 11.8 Å². The first-order chi connectivity index (χ1) is 46.1. The summed E-state index contributed by atoms with van der Waals surface area (Å²) >= 11 is 2.02. The lowest BCUT2D eigenvalue weighted by Crippen LogP contribution is -2.59. The Morgan fingerprint density at radius 2 is 0.903 bits per heavy atom. The summed E-state index contributed by atoms with van der Waals surface area (Å²) < 4.78 is 7.35. The molecule has 0 amide bonds. The summed E-state index contributed by atoms with van der Waals surface area (Å²) in [5, 5.41) is 0.0109. The number of thioether (sulfide) groups is 1.